The highest BCUT2D eigenvalue weighted by molar-refractivity contribution is 7.97. The minimum Gasteiger partial charge on any atom is -0.741 e. The van der Waals surface area contributed by atoms with Crippen LogP contribution in [0, 0.1) is 0 Å². The van der Waals surface area contributed by atoms with Crippen LogP contribution in [0.2, 0.25) is 0 Å². The predicted octanol–water partition coefficient (Wildman–Crippen LogP) is 8.75. The molecule has 2 unspecified atom stereocenters. The minimum atomic E-state index is -6.09. The van der Waals surface area contributed by atoms with Gasteiger partial charge in [0, 0.05) is 56.2 Å². The molecule has 2 atom stereocenters. The fraction of sp³-hybridized carbons (Fsp3) is 0.487. The van der Waals surface area contributed by atoms with Crippen molar-refractivity contribution in [3.8, 4) is 11.5 Å². The van der Waals surface area contributed by atoms with E-state index in [4.69, 9.17) is 44.9 Å². The molecular formula is C39H44F6O10S4. The van der Waals surface area contributed by atoms with Gasteiger partial charge in [-0.25, -0.2) is 16.8 Å². The molecule has 0 amide bonds. The van der Waals surface area contributed by atoms with Crippen molar-refractivity contribution in [2.45, 2.75) is 91.2 Å². The van der Waals surface area contributed by atoms with Gasteiger partial charge in [-0.2, -0.15) is 26.3 Å². The largest absolute Gasteiger partial charge is 0.741 e. The van der Waals surface area contributed by atoms with Gasteiger partial charge in [-0.05, 0) is 81.3 Å². The molecule has 4 fully saturated rings. The van der Waals surface area contributed by atoms with Crippen LogP contribution in [-0.4, -0.2) is 85.8 Å². The first-order chi connectivity index (χ1) is 27.8. The van der Waals surface area contributed by atoms with Gasteiger partial charge < -0.3 is 28.1 Å². The molecule has 4 aliphatic heterocycles. The lowest BCUT2D eigenvalue weighted by atomic mass is 10.1. The molecule has 4 aliphatic rings. The molecule has 0 bridgehead atoms. The summed E-state index contributed by atoms with van der Waals surface area (Å²) in [6.07, 6.45) is 10.8. The second kappa shape index (κ2) is 20.7. The van der Waals surface area contributed by atoms with Gasteiger partial charge in [-0.3, -0.25) is 0 Å². The van der Waals surface area contributed by atoms with Crippen LogP contribution < -0.4 is 9.47 Å². The van der Waals surface area contributed by atoms with E-state index in [1.807, 2.05) is 0 Å². The SMILES string of the molecule is O=S(=O)([O-])C(F)(F)F.O=S(=O)([O-])C(F)(F)F.c1ccc2c([S+]3CCCC3)ccc(OC3CCCCO3)c2c1.c1ccc2c([S+]3CCCC3)ccc(OC3CCCO3)c2c1. The summed E-state index contributed by atoms with van der Waals surface area (Å²) in [5, 5.41) is 5.23. The van der Waals surface area contributed by atoms with E-state index in [0.29, 0.717) is 21.8 Å². The zero-order chi connectivity index (χ0) is 42.8. The van der Waals surface area contributed by atoms with Gasteiger partial charge in [0.2, 0.25) is 0 Å². The fourth-order valence-corrected chi connectivity index (χ4v) is 11.7. The van der Waals surface area contributed by atoms with Crippen molar-refractivity contribution in [2.24, 2.45) is 0 Å². The minimum absolute atomic E-state index is 0.0619. The Hall–Kier alpha value is -2.98. The summed E-state index contributed by atoms with van der Waals surface area (Å²) in [6.45, 7) is 1.65. The van der Waals surface area contributed by atoms with Crippen molar-refractivity contribution in [1.82, 2.24) is 0 Å². The Morgan fingerprint density at radius 1 is 0.508 bits per heavy atom. The van der Waals surface area contributed by atoms with Crippen molar-refractivity contribution < 1.29 is 71.2 Å². The van der Waals surface area contributed by atoms with Crippen LogP contribution in [0.5, 0.6) is 11.5 Å². The number of benzene rings is 4. The third kappa shape index (κ3) is 13.3. The van der Waals surface area contributed by atoms with E-state index in [9.17, 15) is 26.3 Å². The van der Waals surface area contributed by atoms with E-state index < -0.39 is 31.3 Å². The Balaban J connectivity index is 0.000000166. The van der Waals surface area contributed by atoms with Crippen molar-refractivity contribution >= 4 is 63.6 Å². The van der Waals surface area contributed by atoms with E-state index in [1.165, 1.54) is 86.5 Å². The Labute approximate surface area is 345 Å². The highest BCUT2D eigenvalue weighted by atomic mass is 32.2. The highest BCUT2D eigenvalue weighted by Gasteiger charge is 2.38. The molecule has 10 nitrogen and oxygen atoms in total. The monoisotopic (exact) mass is 914 g/mol. The van der Waals surface area contributed by atoms with Crippen LogP contribution in [-0.2, 0) is 51.5 Å². The molecule has 0 radical (unpaired) electrons. The van der Waals surface area contributed by atoms with E-state index in [2.05, 4.69) is 72.8 Å². The molecule has 20 heteroatoms. The maximum atomic E-state index is 10.7. The summed E-state index contributed by atoms with van der Waals surface area (Å²) in [5.74, 6) is 7.38. The van der Waals surface area contributed by atoms with Crippen LogP contribution in [0.1, 0.15) is 57.8 Å². The zero-order valence-corrected chi connectivity index (χ0v) is 34.9. The molecule has 4 saturated heterocycles. The molecular weight excluding hydrogens is 871 g/mol. The molecule has 0 aromatic heterocycles. The van der Waals surface area contributed by atoms with E-state index in [0.717, 1.165) is 50.4 Å². The number of alkyl halides is 6. The van der Waals surface area contributed by atoms with Crippen LogP contribution in [0.25, 0.3) is 21.5 Å². The zero-order valence-electron chi connectivity index (χ0n) is 31.7. The first-order valence-electron chi connectivity index (χ1n) is 18.8. The van der Waals surface area contributed by atoms with Gasteiger partial charge in [-0.15, -0.1) is 0 Å². The maximum Gasteiger partial charge on any atom is 0.485 e. The van der Waals surface area contributed by atoms with E-state index in [-0.39, 0.29) is 12.6 Å². The molecule has 0 saturated carbocycles. The highest BCUT2D eigenvalue weighted by Crippen LogP contribution is 2.37. The molecule has 4 heterocycles. The summed E-state index contributed by atoms with van der Waals surface area (Å²) in [7, 11) is -11.3. The molecule has 326 valence electrons. The van der Waals surface area contributed by atoms with Gasteiger partial charge in [-0.1, -0.05) is 36.4 Å². The van der Waals surface area contributed by atoms with E-state index in [1.54, 1.807) is 0 Å². The second-order valence-corrected chi connectivity index (χ2v) is 20.9. The molecule has 0 spiro atoms. The lowest BCUT2D eigenvalue weighted by Gasteiger charge is -2.24. The lowest BCUT2D eigenvalue weighted by molar-refractivity contribution is -0.105. The van der Waals surface area contributed by atoms with E-state index >= 15 is 0 Å². The number of fused-ring (bicyclic) bond motifs is 2. The summed E-state index contributed by atoms with van der Waals surface area (Å²) in [5.41, 5.74) is -11.3. The third-order valence-corrected chi connectivity index (χ3v) is 15.7. The number of rotatable bonds is 6. The van der Waals surface area contributed by atoms with Gasteiger partial charge in [0.15, 0.2) is 42.6 Å². The Morgan fingerprint density at radius 3 is 1.15 bits per heavy atom. The number of hydrogen-bond donors (Lipinski definition) is 0. The molecule has 4 aromatic carbocycles. The number of ether oxygens (including phenoxy) is 4. The van der Waals surface area contributed by atoms with Gasteiger partial charge >= 0.3 is 11.0 Å². The third-order valence-electron chi connectivity index (χ3n) is 9.48. The predicted molar refractivity (Wildman–Crippen MR) is 212 cm³/mol. The topological polar surface area (TPSA) is 151 Å². The second-order valence-electron chi connectivity index (χ2n) is 13.7. The number of hydrogen-bond acceptors (Lipinski definition) is 10. The standard InChI is InChI=1S/C19H23O2S.C18H21O2S.2CHF3O3S/c1-2-8-16-15(7-1)17(21-19-9-3-4-12-20-19)10-11-18(16)22-13-5-6-14-22;1-2-7-15-14(6-1)16(20-18-8-5-11-19-18)9-10-17(15)21-12-3-4-13-21;2*2-1(3,4)8(5,6)7/h1-2,7-8,10-11,19H,3-6,9,12-14H2;1-2,6-7,9-10,18H,3-5,8,11-13H2;2*(H,5,6,7)/q2*+1;;/p-2. The Morgan fingerprint density at radius 2 is 0.847 bits per heavy atom. The van der Waals surface area contributed by atoms with Crippen molar-refractivity contribution in [2.75, 3.05) is 36.2 Å². The van der Waals surface area contributed by atoms with Crippen LogP contribution in [0.15, 0.2) is 82.6 Å². The molecule has 0 aliphatic carbocycles. The van der Waals surface area contributed by atoms with Crippen LogP contribution >= 0.6 is 0 Å². The average Bonchev–Trinajstić information content (AvgIpc) is 4.01. The quantitative estimate of drug-likeness (QED) is 0.0795. The maximum absolute atomic E-state index is 10.7. The van der Waals surface area contributed by atoms with Gasteiger partial charge in [0.1, 0.15) is 34.5 Å². The number of halogens is 6. The first-order valence-corrected chi connectivity index (χ1v) is 24.8. The normalized spacial score (nSPS) is 20.5. The summed E-state index contributed by atoms with van der Waals surface area (Å²) in [4.78, 5) is 3.06. The Kier molecular flexibility index (Phi) is 16.5. The summed E-state index contributed by atoms with van der Waals surface area (Å²) < 4.78 is 141. The summed E-state index contributed by atoms with van der Waals surface area (Å²) in [6, 6.07) is 26.3. The van der Waals surface area contributed by atoms with Crippen molar-refractivity contribution in [3.63, 3.8) is 0 Å². The van der Waals surface area contributed by atoms with Crippen molar-refractivity contribution in [1.29, 1.82) is 0 Å². The van der Waals surface area contributed by atoms with Crippen molar-refractivity contribution in [3.05, 3.63) is 72.8 Å². The fourth-order valence-electron chi connectivity index (χ4n) is 6.67. The van der Waals surface area contributed by atoms with Crippen LogP contribution in [0.4, 0.5) is 26.3 Å². The molecule has 0 N–H and O–H groups in total. The van der Waals surface area contributed by atoms with Crippen LogP contribution in [0.3, 0.4) is 0 Å². The Bertz CT molecular complexity index is 2160. The van der Waals surface area contributed by atoms with Gasteiger partial charge in [0.05, 0.1) is 13.2 Å². The summed E-state index contributed by atoms with van der Waals surface area (Å²) >= 11 is 0. The first kappa shape index (κ1) is 47.1. The molecule has 4 aromatic rings. The molecule has 59 heavy (non-hydrogen) atoms. The molecule has 8 rings (SSSR count). The average molecular weight is 915 g/mol. The lowest BCUT2D eigenvalue weighted by Crippen LogP contribution is -2.25. The van der Waals surface area contributed by atoms with Gasteiger partial charge in [0.25, 0.3) is 0 Å². The smallest absolute Gasteiger partial charge is 0.485 e.